The zero-order valence-electron chi connectivity index (χ0n) is 9.47. The SMILES string of the molecule is CC(C)C1CCN(S(=O)(=O)C(C)C#N)C1. The van der Waals surface area contributed by atoms with E-state index in [4.69, 9.17) is 5.26 Å². The van der Waals surface area contributed by atoms with Crippen LogP contribution in [0.2, 0.25) is 0 Å². The minimum absolute atomic E-state index is 0.436. The number of nitrogens with zero attached hydrogens (tertiary/aromatic N) is 2. The van der Waals surface area contributed by atoms with Gasteiger partial charge < -0.3 is 0 Å². The lowest BCUT2D eigenvalue weighted by molar-refractivity contribution is 0.388. The highest BCUT2D eigenvalue weighted by Gasteiger charge is 2.35. The second-order valence-corrected chi connectivity index (χ2v) is 6.72. The van der Waals surface area contributed by atoms with Gasteiger partial charge in [-0.2, -0.15) is 5.26 Å². The molecule has 4 nitrogen and oxygen atoms in total. The monoisotopic (exact) mass is 230 g/mol. The highest BCUT2D eigenvalue weighted by atomic mass is 32.2. The second kappa shape index (κ2) is 4.50. The molecular formula is C10H18N2O2S. The molecule has 1 fully saturated rings. The molecule has 1 rings (SSSR count). The van der Waals surface area contributed by atoms with Crippen LogP contribution in [0.3, 0.4) is 0 Å². The predicted molar refractivity (Wildman–Crippen MR) is 58.5 cm³/mol. The average Bonchev–Trinajstić information content (AvgIpc) is 2.65. The molecule has 0 N–H and O–H groups in total. The summed E-state index contributed by atoms with van der Waals surface area (Å²) in [5.74, 6) is 0.938. The van der Waals surface area contributed by atoms with Gasteiger partial charge in [0.2, 0.25) is 10.0 Å². The van der Waals surface area contributed by atoms with E-state index < -0.39 is 15.3 Å². The molecular weight excluding hydrogens is 212 g/mol. The lowest BCUT2D eigenvalue weighted by Crippen LogP contribution is -2.35. The molecule has 1 heterocycles. The summed E-state index contributed by atoms with van der Waals surface area (Å²) in [6.45, 7) is 6.80. The van der Waals surface area contributed by atoms with E-state index in [-0.39, 0.29) is 0 Å². The van der Waals surface area contributed by atoms with Crippen LogP contribution in [0.4, 0.5) is 0 Å². The summed E-state index contributed by atoms with van der Waals surface area (Å²) in [4.78, 5) is 0. The van der Waals surface area contributed by atoms with Crippen molar-refractivity contribution >= 4 is 10.0 Å². The van der Waals surface area contributed by atoms with Crippen LogP contribution in [0.15, 0.2) is 0 Å². The van der Waals surface area contributed by atoms with Gasteiger partial charge in [-0.3, -0.25) is 0 Å². The van der Waals surface area contributed by atoms with Crippen LogP contribution in [-0.4, -0.2) is 31.1 Å². The first-order valence-corrected chi connectivity index (χ1v) is 6.78. The van der Waals surface area contributed by atoms with Crippen LogP contribution in [-0.2, 0) is 10.0 Å². The van der Waals surface area contributed by atoms with Gasteiger partial charge in [0.1, 0.15) is 0 Å². The summed E-state index contributed by atoms with van der Waals surface area (Å²) in [5.41, 5.74) is 0. The number of hydrogen-bond acceptors (Lipinski definition) is 3. The van der Waals surface area contributed by atoms with Crippen molar-refractivity contribution in [2.45, 2.75) is 32.4 Å². The van der Waals surface area contributed by atoms with Gasteiger partial charge in [-0.1, -0.05) is 13.8 Å². The number of hydrogen-bond donors (Lipinski definition) is 0. The molecule has 1 aliphatic heterocycles. The quantitative estimate of drug-likeness (QED) is 0.732. The maximum atomic E-state index is 11.8. The Kier molecular flexibility index (Phi) is 3.74. The molecule has 2 unspecified atom stereocenters. The Morgan fingerprint density at radius 1 is 1.40 bits per heavy atom. The van der Waals surface area contributed by atoms with E-state index in [0.29, 0.717) is 24.9 Å². The second-order valence-electron chi connectivity index (χ2n) is 4.47. The molecule has 1 aliphatic rings. The highest BCUT2D eigenvalue weighted by molar-refractivity contribution is 7.89. The van der Waals surface area contributed by atoms with Crippen molar-refractivity contribution in [3.8, 4) is 6.07 Å². The average molecular weight is 230 g/mol. The van der Waals surface area contributed by atoms with Crippen molar-refractivity contribution < 1.29 is 8.42 Å². The van der Waals surface area contributed by atoms with Crippen molar-refractivity contribution in [2.24, 2.45) is 11.8 Å². The standard InChI is InChI=1S/C10H18N2O2S/c1-8(2)10-4-5-12(7-10)15(13,14)9(3)6-11/h8-10H,4-5,7H2,1-3H3. The molecule has 2 atom stereocenters. The number of sulfonamides is 1. The third-order valence-electron chi connectivity index (χ3n) is 3.12. The third-order valence-corrected chi connectivity index (χ3v) is 5.17. The zero-order valence-corrected chi connectivity index (χ0v) is 10.3. The van der Waals surface area contributed by atoms with Crippen LogP contribution < -0.4 is 0 Å². The summed E-state index contributed by atoms with van der Waals surface area (Å²) >= 11 is 0. The lowest BCUT2D eigenvalue weighted by atomic mass is 9.96. The molecule has 86 valence electrons. The predicted octanol–water partition coefficient (Wildman–Crippen LogP) is 1.21. The van der Waals surface area contributed by atoms with Gasteiger partial charge in [0.15, 0.2) is 5.25 Å². The van der Waals surface area contributed by atoms with E-state index in [1.165, 1.54) is 11.2 Å². The third kappa shape index (κ3) is 2.50. The summed E-state index contributed by atoms with van der Waals surface area (Å²) in [6, 6.07) is 1.80. The van der Waals surface area contributed by atoms with Crippen molar-refractivity contribution in [2.75, 3.05) is 13.1 Å². The minimum Gasteiger partial charge on any atom is -0.211 e. The Morgan fingerprint density at radius 2 is 2.00 bits per heavy atom. The largest absolute Gasteiger partial charge is 0.230 e. The smallest absolute Gasteiger partial charge is 0.211 e. The van der Waals surface area contributed by atoms with Gasteiger partial charge >= 0.3 is 0 Å². The molecule has 0 bridgehead atoms. The minimum atomic E-state index is -3.38. The van der Waals surface area contributed by atoms with E-state index >= 15 is 0 Å². The van der Waals surface area contributed by atoms with Crippen molar-refractivity contribution in [3.05, 3.63) is 0 Å². The summed E-state index contributed by atoms with van der Waals surface area (Å²) in [6.07, 6.45) is 0.912. The Balaban J connectivity index is 2.74. The summed E-state index contributed by atoms with van der Waals surface area (Å²) in [7, 11) is -3.38. The molecule has 0 saturated carbocycles. The molecule has 0 radical (unpaired) electrons. The van der Waals surface area contributed by atoms with Gasteiger partial charge in [0, 0.05) is 13.1 Å². The Hall–Kier alpha value is -0.600. The Morgan fingerprint density at radius 3 is 2.40 bits per heavy atom. The van der Waals surface area contributed by atoms with Crippen LogP contribution in [0.25, 0.3) is 0 Å². The van der Waals surface area contributed by atoms with Crippen molar-refractivity contribution in [3.63, 3.8) is 0 Å². The first kappa shape index (κ1) is 12.5. The molecule has 0 aromatic carbocycles. The topological polar surface area (TPSA) is 61.2 Å². The maximum Gasteiger partial charge on any atom is 0.230 e. The van der Waals surface area contributed by atoms with E-state index in [2.05, 4.69) is 13.8 Å². The normalized spacial score (nSPS) is 25.4. The fourth-order valence-corrected chi connectivity index (χ4v) is 3.16. The first-order valence-electron chi connectivity index (χ1n) is 5.28. The molecule has 0 aliphatic carbocycles. The van der Waals surface area contributed by atoms with E-state index in [9.17, 15) is 8.42 Å². The molecule has 5 heteroatoms. The molecule has 15 heavy (non-hydrogen) atoms. The van der Waals surface area contributed by atoms with Crippen LogP contribution in [0, 0.1) is 23.2 Å². The van der Waals surface area contributed by atoms with Crippen LogP contribution >= 0.6 is 0 Å². The molecule has 0 aromatic rings. The van der Waals surface area contributed by atoms with E-state index in [0.717, 1.165) is 6.42 Å². The van der Waals surface area contributed by atoms with Crippen molar-refractivity contribution in [1.82, 2.24) is 4.31 Å². The molecule has 1 saturated heterocycles. The lowest BCUT2D eigenvalue weighted by Gasteiger charge is -2.18. The Labute approximate surface area is 91.9 Å². The van der Waals surface area contributed by atoms with Gasteiger partial charge in [-0.05, 0) is 25.2 Å². The zero-order chi connectivity index (χ0) is 11.6. The Bertz CT molecular complexity index is 356. The summed E-state index contributed by atoms with van der Waals surface area (Å²) in [5, 5.41) is 7.72. The highest BCUT2D eigenvalue weighted by Crippen LogP contribution is 2.26. The van der Waals surface area contributed by atoms with Crippen LogP contribution in [0.1, 0.15) is 27.2 Å². The van der Waals surface area contributed by atoms with Crippen LogP contribution in [0.5, 0.6) is 0 Å². The number of nitriles is 1. The van der Waals surface area contributed by atoms with Gasteiger partial charge in [-0.25, -0.2) is 12.7 Å². The number of rotatable bonds is 3. The van der Waals surface area contributed by atoms with E-state index in [1.54, 1.807) is 6.07 Å². The van der Waals surface area contributed by atoms with Crippen molar-refractivity contribution in [1.29, 1.82) is 5.26 Å². The fraction of sp³-hybridized carbons (Fsp3) is 0.900. The van der Waals surface area contributed by atoms with Gasteiger partial charge in [0.05, 0.1) is 6.07 Å². The first-order chi connectivity index (χ1) is 6.89. The van der Waals surface area contributed by atoms with Gasteiger partial charge in [0.25, 0.3) is 0 Å². The van der Waals surface area contributed by atoms with E-state index in [1.807, 2.05) is 0 Å². The molecule has 0 amide bonds. The fourth-order valence-electron chi connectivity index (χ4n) is 1.82. The van der Waals surface area contributed by atoms with Gasteiger partial charge in [-0.15, -0.1) is 0 Å². The molecule has 0 aromatic heterocycles. The molecule has 0 spiro atoms. The summed E-state index contributed by atoms with van der Waals surface area (Å²) < 4.78 is 25.1. The maximum absolute atomic E-state index is 11.8.